The molecule has 0 aromatic heterocycles. The lowest BCUT2D eigenvalue weighted by Crippen LogP contribution is -2.53. The summed E-state index contributed by atoms with van der Waals surface area (Å²) in [7, 11) is 0. The molecule has 1 aliphatic heterocycles. The Morgan fingerprint density at radius 2 is 2.15 bits per heavy atom. The van der Waals surface area contributed by atoms with Gasteiger partial charge in [-0.25, -0.2) is 0 Å². The number of nitrogens with two attached hydrogens (primary N) is 1. The van der Waals surface area contributed by atoms with Gasteiger partial charge in [0.2, 0.25) is 0 Å². The fourth-order valence-corrected chi connectivity index (χ4v) is 3.72. The highest BCUT2D eigenvalue weighted by Gasteiger charge is 2.42. The van der Waals surface area contributed by atoms with E-state index in [-0.39, 0.29) is 16.9 Å². The second-order valence-electron chi connectivity index (χ2n) is 7.50. The van der Waals surface area contributed by atoms with Gasteiger partial charge in [-0.3, -0.25) is 5.41 Å². The molecule has 4 nitrogen and oxygen atoms in total. The second-order valence-corrected chi connectivity index (χ2v) is 7.50. The minimum Gasteiger partial charge on any atom is -0.390 e. The van der Waals surface area contributed by atoms with E-state index in [2.05, 4.69) is 4.90 Å². The zero-order valence-electron chi connectivity index (χ0n) is 13.1. The van der Waals surface area contributed by atoms with Crippen molar-refractivity contribution in [2.75, 3.05) is 19.6 Å². The largest absolute Gasteiger partial charge is 0.390 e. The first-order chi connectivity index (χ1) is 9.33. The van der Waals surface area contributed by atoms with E-state index in [4.69, 9.17) is 11.1 Å². The molecule has 0 spiro atoms. The zero-order valence-corrected chi connectivity index (χ0v) is 13.1. The van der Waals surface area contributed by atoms with Crippen LogP contribution in [0.5, 0.6) is 0 Å². The average molecular weight is 281 g/mol. The molecule has 2 atom stereocenters. The summed E-state index contributed by atoms with van der Waals surface area (Å²) in [6.07, 6.45) is 7.64. The quantitative estimate of drug-likeness (QED) is 0.535. The van der Waals surface area contributed by atoms with E-state index in [1.165, 1.54) is 19.3 Å². The number of amidine groups is 1. The van der Waals surface area contributed by atoms with Crippen LogP contribution in [0.3, 0.4) is 0 Å². The number of nitrogens with zero attached hydrogens (tertiary/aromatic N) is 1. The highest BCUT2D eigenvalue weighted by molar-refractivity contribution is 5.82. The molecule has 2 fully saturated rings. The first-order valence-electron chi connectivity index (χ1n) is 8.13. The summed E-state index contributed by atoms with van der Waals surface area (Å²) in [5.74, 6) is 0.767. The summed E-state index contributed by atoms with van der Waals surface area (Å²) in [5, 5.41) is 18.3. The highest BCUT2D eigenvalue weighted by Crippen LogP contribution is 2.39. The number of aliphatic hydroxyl groups is 1. The van der Waals surface area contributed by atoms with E-state index >= 15 is 0 Å². The Morgan fingerprint density at radius 3 is 2.85 bits per heavy atom. The van der Waals surface area contributed by atoms with Crippen LogP contribution in [-0.2, 0) is 0 Å². The summed E-state index contributed by atoms with van der Waals surface area (Å²) in [6, 6.07) is 0. The minimum absolute atomic E-state index is 0.179. The maximum absolute atomic E-state index is 10.7. The van der Waals surface area contributed by atoms with Gasteiger partial charge in [-0.15, -0.1) is 0 Å². The lowest BCUT2D eigenvalue weighted by Gasteiger charge is -2.47. The van der Waals surface area contributed by atoms with Crippen molar-refractivity contribution in [1.82, 2.24) is 4.90 Å². The molecule has 2 rings (SSSR count). The van der Waals surface area contributed by atoms with Gasteiger partial charge < -0.3 is 15.7 Å². The third-order valence-corrected chi connectivity index (χ3v) is 5.52. The third kappa shape index (κ3) is 3.53. The normalized spacial score (nSPS) is 31.9. The SMILES string of the molecule is CC(C)(CCCN1CCC2(O)CCCCC2C1)C(=N)N. The van der Waals surface area contributed by atoms with Crippen LogP contribution in [0.25, 0.3) is 0 Å². The van der Waals surface area contributed by atoms with Crippen molar-refractivity contribution >= 4 is 5.84 Å². The van der Waals surface area contributed by atoms with Gasteiger partial charge in [-0.1, -0.05) is 26.7 Å². The van der Waals surface area contributed by atoms with Gasteiger partial charge in [0.15, 0.2) is 0 Å². The Kier molecular flexibility index (Phi) is 4.75. The fraction of sp³-hybridized carbons (Fsp3) is 0.938. The topological polar surface area (TPSA) is 73.3 Å². The summed E-state index contributed by atoms with van der Waals surface area (Å²) in [5.41, 5.74) is 5.08. The van der Waals surface area contributed by atoms with E-state index in [9.17, 15) is 5.11 Å². The van der Waals surface area contributed by atoms with Crippen molar-refractivity contribution in [3.05, 3.63) is 0 Å². The molecule has 1 heterocycles. The van der Waals surface area contributed by atoms with Crippen molar-refractivity contribution in [3.63, 3.8) is 0 Å². The molecule has 116 valence electrons. The number of hydrogen-bond donors (Lipinski definition) is 3. The van der Waals surface area contributed by atoms with Crippen LogP contribution >= 0.6 is 0 Å². The van der Waals surface area contributed by atoms with E-state index in [0.29, 0.717) is 5.92 Å². The first-order valence-corrected chi connectivity index (χ1v) is 8.13. The smallest absolute Gasteiger partial charge is 0.0963 e. The van der Waals surface area contributed by atoms with Gasteiger partial charge in [0, 0.05) is 24.4 Å². The summed E-state index contributed by atoms with van der Waals surface area (Å²) >= 11 is 0. The number of hydrogen-bond acceptors (Lipinski definition) is 3. The molecule has 20 heavy (non-hydrogen) atoms. The van der Waals surface area contributed by atoms with Crippen molar-refractivity contribution in [2.24, 2.45) is 17.1 Å². The predicted molar refractivity (Wildman–Crippen MR) is 82.9 cm³/mol. The number of fused-ring (bicyclic) bond motifs is 1. The molecular weight excluding hydrogens is 250 g/mol. The fourth-order valence-electron chi connectivity index (χ4n) is 3.72. The van der Waals surface area contributed by atoms with E-state index in [1.807, 2.05) is 13.8 Å². The zero-order chi connectivity index (χ0) is 14.8. The van der Waals surface area contributed by atoms with E-state index < -0.39 is 0 Å². The molecule has 2 unspecified atom stereocenters. The lowest BCUT2D eigenvalue weighted by atomic mass is 9.71. The van der Waals surface area contributed by atoms with E-state index in [1.54, 1.807) is 0 Å². The number of piperidine rings is 1. The van der Waals surface area contributed by atoms with Gasteiger partial charge in [0.25, 0.3) is 0 Å². The molecular formula is C16H31N3O. The van der Waals surface area contributed by atoms with Crippen LogP contribution in [0, 0.1) is 16.7 Å². The molecule has 4 heteroatoms. The Balaban J connectivity index is 1.77. The minimum atomic E-state index is -0.368. The number of rotatable bonds is 5. The highest BCUT2D eigenvalue weighted by atomic mass is 16.3. The molecule has 0 amide bonds. The van der Waals surface area contributed by atoms with Crippen LogP contribution in [0.2, 0.25) is 0 Å². The average Bonchev–Trinajstić information content (AvgIpc) is 2.38. The Bertz CT molecular complexity index is 356. The molecule has 0 bridgehead atoms. The molecule has 4 N–H and O–H groups in total. The summed E-state index contributed by atoms with van der Waals surface area (Å²) < 4.78 is 0. The molecule has 0 radical (unpaired) electrons. The Morgan fingerprint density at radius 1 is 1.40 bits per heavy atom. The Hall–Kier alpha value is -0.610. The van der Waals surface area contributed by atoms with Gasteiger partial charge >= 0.3 is 0 Å². The predicted octanol–water partition coefficient (Wildman–Crippen LogP) is 2.36. The molecule has 1 saturated heterocycles. The monoisotopic (exact) mass is 281 g/mol. The molecule has 1 aliphatic carbocycles. The summed E-state index contributed by atoms with van der Waals surface area (Å²) in [4.78, 5) is 2.50. The van der Waals surface area contributed by atoms with Gasteiger partial charge in [-0.05, 0) is 38.6 Å². The lowest BCUT2D eigenvalue weighted by molar-refractivity contribution is -0.0954. The third-order valence-electron chi connectivity index (χ3n) is 5.52. The molecule has 2 aliphatic rings. The molecule has 1 saturated carbocycles. The number of likely N-dealkylation sites (tertiary alicyclic amines) is 1. The standard InChI is InChI=1S/C16H31N3O/c1-15(2,14(17)18)7-5-10-19-11-9-16(20)8-4-3-6-13(16)12-19/h13,20H,3-12H2,1-2H3,(H3,17,18). The van der Waals surface area contributed by atoms with Crippen molar-refractivity contribution in [1.29, 1.82) is 5.41 Å². The van der Waals surface area contributed by atoms with Crippen LogP contribution in [0.4, 0.5) is 0 Å². The first kappa shape index (κ1) is 15.8. The van der Waals surface area contributed by atoms with Crippen LogP contribution in [-0.4, -0.2) is 41.1 Å². The van der Waals surface area contributed by atoms with E-state index in [0.717, 1.165) is 45.3 Å². The second kappa shape index (κ2) is 6.02. The summed E-state index contributed by atoms with van der Waals surface area (Å²) in [6.45, 7) is 7.24. The molecule has 0 aromatic carbocycles. The van der Waals surface area contributed by atoms with Crippen molar-refractivity contribution in [2.45, 2.75) is 64.4 Å². The van der Waals surface area contributed by atoms with Crippen molar-refractivity contribution < 1.29 is 5.11 Å². The van der Waals surface area contributed by atoms with Crippen molar-refractivity contribution in [3.8, 4) is 0 Å². The van der Waals surface area contributed by atoms with Gasteiger partial charge in [-0.2, -0.15) is 0 Å². The number of nitrogens with one attached hydrogen (secondary N) is 1. The van der Waals surface area contributed by atoms with Gasteiger partial charge in [0.05, 0.1) is 11.4 Å². The Labute approximate surface area is 123 Å². The maximum Gasteiger partial charge on any atom is 0.0963 e. The van der Waals surface area contributed by atoms with Crippen LogP contribution in [0.1, 0.15) is 58.8 Å². The van der Waals surface area contributed by atoms with Crippen LogP contribution in [0.15, 0.2) is 0 Å². The maximum atomic E-state index is 10.7. The van der Waals surface area contributed by atoms with Crippen LogP contribution < -0.4 is 5.73 Å². The molecule has 0 aromatic rings. The van der Waals surface area contributed by atoms with Gasteiger partial charge in [0.1, 0.15) is 0 Å².